The summed E-state index contributed by atoms with van der Waals surface area (Å²) in [7, 11) is 1.78. The number of halogens is 3. The molecule has 5 heteroatoms. The monoisotopic (exact) mass is 372 g/mol. The largest absolute Gasteiger partial charge is 0.450 e. The highest BCUT2D eigenvalue weighted by Crippen LogP contribution is 2.49. The number of fused-ring (bicyclic) bond motifs is 2. The minimum absolute atomic E-state index is 0.178. The number of alkyl halides is 3. The fourth-order valence-electron chi connectivity index (χ4n) is 3.74. The summed E-state index contributed by atoms with van der Waals surface area (Å²) in [4.78, 5) is 0. The second kappa shape index (κ2) is 5.47. The molecule has 140 valence electrons. The third kappa shape index (κ3) is 2.44. The predicted octanol–water partition coefficient (Wildman–Crippen LogP) is 5.89. The molecule has 0 amide bonds. The van der Waals surface area contributed by atoms with Crippen LogP contribution in [0, 0.1) is 13.8 Å². The molecule has 1 aromatic heterocycles. The van der Waals surface area contributed by atoms with Crippen molar-refractivity contribution in [1.29, 1.82) is 0 Å². The highest BCUT2D eigenvalue weighted by Gasteiger charge is 2.50. The van der Waals surface area contributed by atoms with Gasteiger partial charge in [-0.2, -0.15) is 17.7 Å². The summed E-state index contributed by atoms with van der Waals surface area (Å²) in [6.45, 7) is 6.49. The molecule has 0 N–H and O–H groups in total. The molecule has 2 nitrogen and oxygen atoms in total. The summed E-state index contributed by atoms with van der Waals surface area (Å²) < 4.78 is 48.6. The molecule has 0 spiro atoms. The van der Waals surface area contributed by atoms with Gasteiger partial charge in [-0.15, -0.1) is 0 Å². The topological polar surface area (TPSA) is 13.1 Å². The minimum atomic E-state index is -4.35. The van der Waals surface area contributed by atoms with E-state index in [4.69, 9.17) is 4.74 Å². The second-order valence-corrected chi connectivity index (χ2v) is 7.83. The Morgan fingerprint density at radius 1 is 1.00 bits per heavy atom. The van der Waals surface area contributed by atoms with Crippen molar-refractivity contribution in [3.05, 3.63) is 53.2 Å². The van der Waals surface area contributed by atoms with Gasteiger partial charge in [-0.05, 0) is 56.3 Å². The van der Waals surface area contributed by atoms with Gasteiger partial charge >= 0.3 is 6.18 Å². The Labute approximate surface area is 156 Å². The number of hydrogen-bond donors (Lipinski definition) is 0. The van der Waals surface area contributed by atoms with Crippen molar-refractivity contribution in [3.63, 3.8) is 0 Å². The number of nitrogens with zero attached hydrogens (tertiary/aromatic N) is 1. The van der Waals surface area contributed by atoms with E-state index in [0.717, 1.165) is 33.2 Å². The maximum Gasteiger partial charge on any atom is 0.398 e. The first-order valence-corrected chi connectivity index (χ1v) is 8.84. The van der Waals surface area contributed by atoms with E-state index in [-0.39, 0.29) is 5.56 Å². The molecule has 3 aromatic rings. The first-order valence-electron chi connectivity index (χ1n) is 8.84. The smallest absolute Gasteiger partial charge is 0.398 e. The van der Waals surface area contributed by atoms with E-state index in [1.807, 2.05) is 32.0 Å². The number of hydrogen-bond acceptors (Lipinski definition) is 1. The molecule has 0 unspecified atom stereocenters. The van der Waals surface area contributed by atoms with Gasteiger partial charge in [0.1, 0.15) is 12.8 Å². The maximum absolute atomic E-state index is 13.6. The third-order valence-corrected chi connectivity index (χ3v) is 5.74. The number of rotatable bonds is 1. The predicted molar refractivity (Wildman–Crippen MR) is 99.2 cm³/mol. The van der Waals surface area contributed by atoms with Crippen LogP contribution in [0.15, 0.2) is 36.5 Å². The first kappa shape index (κ1) is 17.8. The first-order chi connectivity index (χ1) is 12.5. The van der Waals surface area contributed by atoms with Gasteiger partial charge in [0, 0.05) is 10.9 Å². The van der Waals surface area contributed by atoms with Crippen LogP contribution in [0.5, 0.6) is 11.5 Å². The summed E-state index contributed by atoms with van der Waals surface area (Å²) in [5, 5.41) is 2.07. The molecule has 2 aromatic carbocycles. The molecule has 4 rings (SSSR count). The van der Waals surface area contributed by atoms with Gasteiger partial charge in [-0.3, -0.25) is 0 Å². The van der Waals surface area contributed by atoms with Gasteiger partial charge in [0.15, 0.2) is 11.9 Å². The van der Waals surface area contributed by atoms with E-state index in [2.05, 4.69) is 6.07 Å². The lowest BCUT2D eigenvalue weighted by Gasteiger charge is -2.28. The van der Waals surface area contributed by atoms with E-state index < -0.39 is 11.6 Å². The van der Waals surface area contributed by atoms with Crippen molar-refractivity contribution in [1.82, 2.24) is 0 Å². The van der Waals surface area contributed by atoms with Gasteiger partial charge in [0.05, 0.1) is 11.0 Å². The van der Waals surface area contributed by atoms with E-state index >= 15 is 0 Å². The molecular formula is C22H21F3NO+. The van der Waals surface area contributed by atoms with Crippen LogP contribution < -0.4 is 9.30 Å². The van der Waals surface area contributed by atoms with Gasteiger partial charge in [0.25, 0.3) is 5.69 Å². The highest BCUT2D eigenvalue weighted by atomic mass is 19.4. The zero-order chi connectivity index (χ0) is 19.7. The van der Waals surface area contributed by atoms with Gasteiger partial charge in [-0.1, -0.05) is 18.2 Å². The van der Waals surface area contributed by atoms with Gasteiger partial charge in [0.2, 0.25) is 0 Å². The summed E-state index contributed by atoms with van der Waals surface area (Å²) in [6.07, 6.45) is -2.79. The van der Waals surface area contributed by atoms with Crippen LogP contribution in [-0.4, -0.2) is 6.18 Å². The van der Waals surface area contributed by atoms with Crippen molar-refractivity contribution >= 4 is 10.8 Å². The standard InChI is InChI=1S/C22H21F3NO/c1-12-9-14-7-6-8-16-19(14)18(13(12)2)20-17(27-16)10-15(11-26(20)5)21(3,4)22(23,24)25/h6-11H,1-5H3/q+1. The molecule has 0 aliphatic carbocycles. The molecule has 0 bridgehead atoms. The summed E-state index contributed by atoms with van der Waals surface area (Å²) in [5.41, 5.74) is 2.29. The quantitative estimate of drug-likeness (QED) is 0.380. The van der Waals surface area contributed by atoms with Crippen LogP contribution >= 0.6 is 0 Å². The minimum Gasteiger partial charge on any atom is -0.450 e. The number of pyridine rings is 1. The molecule has 0 radical (unpaired) electrons. The van der Waals surface area contributed by atoms with Crippen LogP contribution in [-0.2, 0) is 12.5 Å². The summed E-state index contributed by atoms with van der Waals surface area (Å²) >= 11 is 0. The molecule has 0 atom stereocenters. The number of benzene rings is 2. The molecule has 0 fully saturated rings. The Hall–Kier alpha value is -2.56. The fraction of sp³-hybridized carbons (Fsp3) is 0.318. The average Bonchev–Trinajstić information content (AvgIpc) is 2.57. The Kier molecular flexibility index (Phi) is 3.61. The van der Waals surface area contributed by atoms with Crippen LogP contribution in [0.2, 0.25) is 0 Å². The summed E-state index contributed by atoms with van der Waals surface area (Å²) in [5.74, 6) is 1.14. The normalized spacial score (nSPS) is 13.5. The summed E-state index contributed by atoms with van der Waals surface area (Å²) in [6, 6.07) is 9.46. The van der Waals surface area contributed by atoms with Gasteiger partial charge in [-0.25, -0.2) is 0 Å². The third-order valence-electron chi connectivity index (χ3n) is 5.74. The lowest BCUT2D eigenvalue weighted by molar-refractivity contribution is -0.661. The van der Waals surface area contributed by atoms with Crippen molar-refractivity contribution < 1.29 is 22.5 Å². The maximum atomic E-state index is 13.6. The van der Waals surface area contributed by atoms with Crippen LogP contribution in [0.3, 0.4) is 0 Å². The second-order valence-electron chi connectivity index (χ2n) is 7.83. The Morgan fingerprint density at radius 2 is 1.70 bits per heavy atom. The molecule has 1 aliphatic rings. The van der Waals surface area contributed by atoms with E-state index in [9.17, 15) is 13.2 Å². The van der Waals surface area contributed by atoms with Crippen molar-refractivity contribution in [2.24, 2.45) is 7.05 Å². The Bertz CT molecular complexity index is 1100. The molecule has 0 saturated heterocycles. The fourth-order valence-corrected chi connectivity index (χ4v) is 3.74. The average molecular weight is 372 g/mol. The molecule has 27 heavy (non-hydrogen) atoms. The molecular weight excluding hydrogens is 351 g/mol. The highest BCUT2D eigenvalue weighted by molar-refractivity contribution is 6.04. The number of aromatic nitrogens is 1. The lowest BCUT2D eigenvalue weighted by Crippen LogP contribution is -2.40. The Balaban J connectivity index is 2.06. The van der Waals surface area contributed by atoms with E-state index in [0.29, 0.717) is 11.5 Å². The van der Waals surface area contributed by atoms with E-state index in [1.54, 1.807) is 17.8 Å². The SMILES string of the molecule is Cc1cc2cccc3c2c(c1C)-c1c(cc(C(C)(C)C(F)(F)F)c[n+]1C)O3. The van der Waals surface area contributed by atoms with Crippen LogP contribution in [0.4, 0.5) is 13.2 Å². The number of aryl methyl sites for hydroxylation is 2. The molecule has 2 heterocycles. The van der Waals surface area contributed by atoms with Gasteiger partial charge < -0.3 is 4.74 Å². The van der Waals surface area contributed by atoms with Crippen LogP contribution in [0.1, 0.15) is 30.5 Å². The van der Waals surface area contributed by atoms with Crippen molar-refractivity contribution in [3.8, 4) is 22.8 Å². The van der Waals surface area contributed by atoms with E-state index in [1.165, 1.54) is 19.9 Å². The van der Waals surface area contributed by atoms with Crippen LogP contribution in [0.25, 0.3) is 22.0 Å². The number of ether oxygens (including phenoxy) is 1. The lowest BCUT2D eigenvalue weighted by atomic mass is 9.83. The molecule has 1 aliphatic heterocycles. The zero-order valence-electron chi connectivity index (χ0n) is 16.0. The zero-order valence-corrected chi connectivity index (χ0v) is 16.0. The van der Waals surface area contributed by atoms with Crippen molar-refractivity contribution in [2.75, 3.05) is 0 Å². The molecule has 0 saturated carbocycles. The van der Waals surface area contributed by atoms with Crippen molar-refractivity contribution in [2.45, 2.75) is 39.3 Å². The Morgan fingerprint density at radius 3 is 2.37 bits per heavy atom.